The van der Waals surface area contributed by atoms with Crippen molar-refractivity contribution in [3.63, 3.8) is 0 Å². The van der Waals surface area contributed by atoms with Crippen LogP contribution in [0.25, 0.3) is 22.2 Å². The highest BCUT2D eigenvalue weighted by molar-refractivity contribution is 9.10. The fourth-order valence-electron chi connectivity index (χ4n) is 4.80. The van der Waals surface area contributed by atoms with Crippen molar-refractivity contribution in [3.05, 3.63) is 70.9 Å². The van der Waals surface area contributed by atoms with Crippen molar-refractivity contribution in [1.82, 2.24) is 15.3 Å². The van der Waals surface area contributed by atoms with Crippen molar-refractivity contribution in [1.29, 1.82) is 0 Å². The van der Waals surface area contributed by atoms with Gasteiger partial charge in [0, 0.05) is 35.6 Å². The molecule has 1 aliphatic rings. The fourth-order valence-corrected chi connectivity index (χ4v) is 5.06. The van der Waals surface area contributed by atoms with E-state index in [-0.39, 0.29) is 0 Å². The molecule has 0 radical (unpaired) electrons. The average molecular weight is 535 g/mol. The second-order valence-corrected chi connectivity index (χ2v) is 10.5. The van der Waals surface area contributed by atoms with E-state index in [9.17, 15) is 0 Å². The van der Waals surface area contributed by atoms with E-state index in [1.807, 2.05) is 44.4 Å². The molecule has 1 aliphatic carbocycles. The second-order valence-electron chi connectivity index (χ2n) is 9.55. The Kier molecular flexibility index (Phi) is 7.35. The topological polar surface area (TPSA) is 66.2 Å². The molecule has 0 amide bonds. The number of hydrogen-bond donors (Lipinski definition) is 2. The van der Waals surface area contributed by atoms with Crippen LogP contribution in [0.4, 0.5) is 11.8 Å². The minimum Gasteiger partial charge on any atom is -0.460 e. The quantitative estimate of drug-likeness (QED) is 0.270. The SMILES string of the molecule is CN(C)c1nc(N[C@H]2CC[C@@H](CNCc3ccc(-c4ccc(Br)cc4)o3)CC2)nc2ccccc12. The smallest absolute Gasteiger partial charge is 0.225 e. The highest BCUT2D eigenvalue weighted by Gasteiger charge is 2.22. The first-order valence-corrected chi connectivity index (χ1v) is 13.1. The first-order valence-electron chi connectivity index (χ1n) is 12.3. The lowest BCUT2D eigenvalue weighted by molar-refractivity contribution is 0.320. The van der Waals surface area contributed by atoms with Crippen LogP contribution in [0, 0.1) is 5.92 Å². The predicted molar refractivity (Wildman–Crippen MR) is 147 cm³/mol. The first kappa shape index (κ1) is 23.8. The number of nitrogens with zero attached hydrogens (tertiary/aromatic N) is 3. The molecule has 6 nitrogen and oxygen atoms in total. The summed E-state index contributed by atoms with van der Waals surface area (Å²) in [6, 6.07) is 20.9. The van der Waals surface area contributed by atoms with Crippen LogP contribution in [-0.4, -0.2) is 36.6 Å². The standard InChI is InChI=1S/C28H32BrN5O/c1-34(2)27-24-5-3-4-6-25(24)32-28(33-27)31-22-13-7-19(8-14-22)17-30-18-23-15-16-26(35-23)20-9-11-21(29)12-10-20/h3-6,9-12,15-16,19,22,30H,7-8,13-14,17-18H2,1-2H3,(H,31,32,33)/t19-,22+. The number of hydrogen-bond acceptors (Lipinski definition) is 6. The van der Waals surface area contributed by atoms with E-state index in [4.69, 9.17) is 14.4 Å². The Labute approximate surface area is 215 Å². The molecule has 182 valence electrons. The Morgan fingerprint density at radius 2 is 1.71 bits per heavy atom. The number of para-hydroxylation sites is 1. The summed E-state index contributed by atoms with van der Waals surface area (Å²) in [5.74, 6) is 4.26. The van der Waals surface area contributed by atoms with Gasteiger partial charge >= 0.3 is 0 Å². The van der Waals surface area contributed by atoms with Crippen molar-refractivity contribution in [2.24, 2.45) is 5.92 Å². The molecule has 1 saturated carbocycles. The third-order valence-corrected chi connectivity index (χ3v) is 7.24. The molecule has 2 N–H and O–H groups in total. The Bertz CT molecular complexity index is 1260. The Morgan fingerprint density at radius 3 is 2.49 bits per heavy atom. The Hall–Kier alpha value is -2.90. The highest BCUT2D eigenvalue weighted by Crippen LogP contribution is 2.29. The fraction of sp³-hybridized carbons (Fsp3) is 0.357. The van der Waals surface area contributed by atoms with Crippen molar-refractivity contribution < 1.29 is 4.42 Å². The number of fused-ring (bicyclic) bond motifs is 1. The lowest BCUT2D eigenvalue weighted by Crippen LogP contribution is -2.31. The number of halogens is 1. The molecule has 0 spiro atoms. The molecule has 7 heteroatoms. The second kappa shape index (κ2) is 10.8. The van der Waals surface area contributed by atoms with Gasteiger partial charge in [-0.1, -0.05) is 40.2 Å². The molecule has 4 aromatic rings. The van der Waals surface area contributed by atoms with Gasteiger partial charge in [-0.15, -0.1) is 0 Å². The molecular weight excluding hydrogens is 502 g/mol. The summed E-state index contributed by atoms with van der Waals surface area (Å²) < 4.78 is 7.11. The van der Waals surface area contributed by atoms with Crippen molar-refractivity contribution in [2.75, 3.05) is 30.9 Å². The molecular formula is C28H32BrN5O. The highest BCUT2D eigenvalue weighted by atomic mass is 79.9. The molecule has 2 aromatic carbocycles. The van der Waals surface area contributed by atoms with Gasteiger partial charge in [-0.25, -0.2) is 4.98 Å². The molecule has 0 unspecified atom stereocenters. The number of nitrogens with one attached hydrogen (secondary N) is 2. The van der Waals surface area contributed by atoms with E-state index in [1.54, 1.807) is 0 Å². The molecule has 5 rings (SSSR count). The summed E-state index contributed by atoms with van der Waals surface area (Å²) in [6.45, 7) is 1.77. The number of anilines is 2. The zero-order chi connectivity index (χ0) is 24.2. The van der Waals surface area contributed by atoms with E-state index < -0.39 is 0 Å². The van der Waals surface area contributed by atoms with E-state index in [2.05, 4.69) is 61.8 Å². The third kappa shape index (κ3) is 5.85. The number of benzene rings is 2. The van der Waals surface area contributed by atoms with Gasteiger partial charge in [0.25, 0.3) is 0 Å². The normalized spacial score (nSPS) is 18.0. The summed E-state index contributed by atoms with van der Waals surface area (Å²) in [5, 5.41) is 8.29. The molecule has 0 saturated heterocycles. The molecule has 0 aliphatic heterocycles. The third-order valence-electron chi connectivity index (χ3n) is 6.71. The Morgan fingerprint density at radius 1 is 0.943 bits per heavy atom. The van der Waals surface area contributed by atoms with Crippen LogP contribution >= 0.6 is 15.9 Å². The summed E-state index contributed by atoms with van der Waals surface area (Å²) in [4.78, 5) is 11.6. The molecule has 1 fully saturated rings. The van der Waals surface area contributed by atoms with Gasteiger partial charge in [0.1, 0.15) is 17.3 Å². The molecule has 2 heterocycles. The van der Waals surface area contributed by atoms with Crippen LogP contribution in [0.5, 0.6) is 0 Å². The maximum absolute atomic E-state index is 6.03. The maximum atomic E-state index is 6.03. The minimum absolute atomic E-state index is 0.418. The van der Waals surface area contributed by atoms with Gasteiger partial charge in [-0.05, 0) is 74.5 Å². The molecule has 35 heavy (non-hydrogen) atoms. The van der Waals surface area contributed by atoms with E-state index in [0.29, 0.717) is 12.0 Å². The van der Waals surface area contributed by atoms with Crippen LogP contribution in [-0.2, 0) is 6.54 Å². The van der Waals surface area contributed by atoms with Crippen LogP contribution in [0.15, 0.2) is 69.6 Å². The minimum atomic E-state index is 0.418. The van der Waals surface area contributed by atoms with E-state index in [0.717, 1.165) is 70.2 Å². The number of furan rings is 1. The van der Waals surface area contributed by atoms with Gasteiger partial charge in [0.15, 0.2) is 0 Å². The van der Waals surface area contributed by atoms with Crippen molar-refractivity contribution >= 4 is 38.6 Å². The van der Waals surface area contributed by atoms with Gasteiger partial charge < -0.3 is 20.0 Å². The van der Waals surface area contributed by atoms with Gasteiger partial charge in [0.2, 0.25) is 5.95 Å². The number of rotatable bonds is 8. The van der Waals surface area contributed by atoms with Gasteiger partial charge in [0.05, 0.1) is 12.1 Å². The lowest BCUT2D eigenvalue weighted by Gasteiger charge is -2.29. The summed E-state index contributed by atoms with van der Waals surface area (Å²) in [7, 11) is 4.06. The summed E-state index contributed by atoms with van der Waals surface area (Å²) >= 11 is 3.48. The first-order chi connectivity index (χ1) is 17.0. The molecule has 2 aromatic heterocycles. The largest absolute Gasteiger partial charge is 0.460 e. The maximum Gasteiger partial charge on any atom is 0.225 e. The zero-order valence-electron chi connectivity index (χ0n) is 20.3. The van der Waals surface area contributed by atoms with Crippen LogP contribution < -0.4 is 15.5 Å². The zero-order valence-corrected chi connectivity index (χ0v) is 21.9. The summed E-state index contributed by atoms with van der Waals surface area (Å²) in [6.07, 6.45) is 4.66. The summed E-state index contributed by atoms with van der Waals surface area (Å²) in [5.41, 5.74) is 2.08. The monoisotopic (exact) mass is 533 g/mol. The van der Waals surface area contributed by atoms with Crippen LogP contribution in [0.2, 0.25) is 0 Å². The van der Waals surface area contributed by atoms with E-state index in [1.165, 1.54) is 12.8 Å². The van der Waals surface area contributed by atoms with Gasteiger partial charge in [-0.3, -0.25) is 0 Å². The predicted octanol–water partition coefficient (Wildman–Crippen LogP) is 6.48. The molecule has 0 atom stereocenters. The van der Waals surface area contributed by atoms with Crippen molar-refractivity contribution in [2.45, 2.75) is 38.3 Å². The molecule has 0 bridgehead atoms. The lowest BCUT2D eigenvalue weighted by atomic mass is 9.86. The van der Waals surface area contributed by atoms with E-state index >= 15 is 0 Å². The van der Waals surface area contributed by atoms with Crippen LogP contribution in [0.3, 0.4) is 0 Å². The Balaban J connectivity index is 1.10. The average Bonchev–Trinajstić information content (AvgIpc) is 3.34. The number of aromatic nitrogens is 2. The van der Waals surface area contributed by atoms with Crippen LogP contribution in [0.1, 0.15) is 31.4 Å². The van der Waals surface area contributed by atoms with Gasteiger partial charge in [-0.2, -0.15) is 4.98 Å². The van der Waals surface area contributed by atoms with Crippen molar-refractivity contribution in [3.8, 4) is 11.3 Å².